The van der Waals surface area contributed by atoms with Gasteiger partial charge in [-0.2, -0.15) is 0 Å². The number of amides is 1. The van der Waals surface area contributed by atoms with E-state index < -0.39 is 5.60 Å². The molecule has 0 radical (unpaired) electrons. The Balaban J connectivity index is 1.76. The van der Waals surface area contributed by atoms with Crippen LogP contribution in [0.1, 0.15) is 50.7 Å². The van der Waals surface area contributed by atoms with Crippen molar-refractivity contribution in [2.24, 2.45) is 0 Å². The van der Waals surface area contributed by atoms with Crippen LogP contribution in [0.15, 0.2) is 5.51 Å². The summed E-state index contributed by atoms with van der Waals surface area (Å²) in [5, 5.41) is 6.41. The highest BCUT2D eigenvalue weighted by Crippen LogP contribution is 2.28. The molecule has 1 aromatic rings. The molecule has 1 aliphatic rings. The topological polar surface area (TPSA) is 63.2 Å². The van der Waals surface area contributed by atoms with Crippen LogP contribution in [0.25, 0.3) is 0 Å². The van der Waals surface area contributed by atoms with Gasteiger partial charge in [0.1, 0.15) is 5.60 Å². The predicted octanol–water partition coefficient (Wildman–Crippen LogP) is 2.77. The number of ether oxygens (including phenoxy) is 1. The highest BCUT2D eigenvalue weighted by molar-refractivity contribution is 7.09. The molecule has 2 N–H and O–H groups in total. The predicted molar refractivity (Wildman–Crippen MR) is 80.0 cm³/mol. The summed E-state index contributed by atoms with van der Waals surface area (Å²) in [4.78, 5) is 17.2. The number of aromatic nitrogens is 1. The summed E-state index contributed by atoms with van der Waals surface area (Å²) >= 11 is 1.66. The normalized spacial score (nSPS) is 23.2. The summed E-state index contributed by atoms with van der Waals surface area (Å²) in [7, 11) is 0. The number of hydrogen-bond donors (Lipinski definition) is 2. The van der Waals surface area contributed by atoms with Gasteiger partial charge in [0.2, 0.25) is 0 Å². The van der Waals surface area contributed by atoms with Gasteiger partial charge in [-0.15, -0.1) is 11.3 Å². The molecule has 1 saturated carbocycles. The third-order valence-electron chi connectivity index (χ3n) is 3.13. The van der Waals surface area contributed by atoms with Crippen LogP contribution in [-0.2, 0) is 4.74 Å². The van der Waals surface area contributed by atoms with Crippen LogP contribution in [-0.4, -0.2) is 28.8 Å². The Hall–Kier alpha value is -1.14. The number of thiazole rings is 1. The molecule has 3 unspecified atom stereocenters. The average Bonchev–Trinajstić information content (AvgIpc) is 2.84. The lowest BCUT2D eigenvalue weighted by molar-refractivity contribution is 0.0522. The van der Waals surface area contributed by atoms with E-state index in [0.29, 0.717) is 6.04 Å². The average molecular weight is 297 g/mol. The molecular weight excluding hydrogens is 274 g/mol. The smallest absolute Gasteiger partial charge is 0.407 e. The van der Waals surface area contributed by atoms with E-state index in [4.69, 9.17) is 4.74 Å². The highest BCUT2D eigenvalue weighted by atomic mass is 32.1. The van der Waals surface area contributed by atoms with Crippen molar-refractivity contribution in [1.29, 1.82) is 0 Å². The largest absolute Gasteiger partial charge is 0.444 e. The van der Waals surface area contributed by atoms with Gasteiger partial charge in [0, 0.05) is 23.0 Å². The molecule has 2 rings (SSSR count). The second-order valence-electron chi connectivity index (χ2n) is 6.29. The molecule has 6 heteroatoms. The van der Waals surface area contributed by atoms with Crippen LogP contribution < -0.4 is 10.6 Å². The first-order valence-corrected chi connectivity index (χ1v) is 7.80. The van der Waals surface area contributed by atoms with Gasteiger partial charge < -0.3 is 15.4 Å². The first kappa shape index (κ1) is 15.3. The van der Waals surface area contributed by atoms with Crippen molar-refractivity contribution in [1.82, 2.24) is 15.6 Å². The van der Waals surface area contributed by atoms with E-state index in [1.165, 1.54) is 4.88 Å². The SMILES string of the molecule is Cc1ncsc1C(C)NC1CC1NC(=O)OC(C)(C)C. The van der Waals surface area contributed by atoms with E-state index in [2.05, 4.69) is 22.5 Å². The van der Waals surface area contributed by atoms with Crippen LogP contribution in [0.4, 0.5) is 4.79 Å². The molecule has 5 nitrogen and oxygen atoms in total. The van der Waals surface area contributed by atoms with Crippen LogP contribution in [0.5, 0.6) is 0 Å². The van der Waals surface area contributed by atoms with Gasteiger partial charge in [-0.3, -0.25) is 0 Å². The maximum atomic E-state index is 11.7. The Kier molecular flexibility index (Phi) is 4.34. The maximum absolute atomic E-state index is 11.7. The fraction of sp³-hybridized carbons (Fsp3) is 0.714. The van der Waals surface area contributed by atoms with Crippen molar-refractivity contribution >= 4 is 17.4 Å². The zero-order chi connectivity index (χ0) is 14.9. The standard InChI is InChI=1S/C14H23N3O2S/c1-8-12(20-7-15-8)9(2)16-10-6-11(10)17-13(18)19-14(3,4)5/h7,9-11,16H,6H2,1-5H3,(H,17,18). The number of carbonyl (C=O) groups is 1. The van der Waals surface area contributed by atoms with Crippen LogP contribution in [0.2, 0.25) is 0 Å². The van der Waals surface area contributed by atoms with Gasteiger partial charge in [-0.1, -0.05) is 0 Å². The summed E-state index contributed by atoms with van der Waals surface area (Å²) in [6, 6.07) is 0.748. The Morgan fingerprint density at radius 2 is 2.20 bits per heavy atom. The second kappa shape index (κ2) is 5.69. The minimum atomic E-state index is -0.449. The van der Waals surface area contributed by atoms with Crippen LogP contribution >= 0.6 is 11.3 Å². The van der Waals surface area contributed by atoms with Crippen LogP contribution in [0, 0.1) is 6.92 Å². The molecule has 1 amide bonds. The van der Waals surface area contributed by atoms with Crippen LogP contribution in [0.3, 0.4) is 0 Å². The van der Waals surface area contributed by atoms with Crippen molar-refractivity contribution in [3.63, 3.8) is 0 Å². The Morgan fingerprint density at radius 1 is 1.50 bits per heavy atom. The molecule has 1 fully saturated rings. The van der Waals surface area contributed by atoms with Crippen molar-refractivity contribution in [3.05, 3.63) is 16.1 Å². The molecule has 3 atom stereocenters. The molecule has 0 saturated heterocycles. The monoisotopic (exact) mass is 297 g/mol. The highest BCUT2D eigenvalue weighted by Gasteiger charge is 2.40. The number of rotatable bonds is 4. The van der Waals surface area contributed by atoms with E-state index in [9.17, 15) is 4.79 Å². The molecule has 112 valence electrons. The molecule has 0 aliphatic heterocycles. The number of carbonyl (C=O) groups excluding carboxylic acids is 1. The molecule has 1 heterocycles. The van der Waals surface area contributed by atoms with Crippen molar-refractivity contribution in [3.8, 4) is 0 Å². The van der Waals surface area contributed by atoms with Gasteiger partial charge >= 0.3 is 6.09 Å². The fourth-order valence-corrected chi connectivity index (χ4v) is 2.94. The molecule has 0 bridgehead atoms. The third kappa shape index (κ3) is 4.18. The first-order valence-electron chi connectivity index (χ1n) is 6.92. The Labute approximate surface area is 124 Å². The Morgan fingerprint density at radius 3 is 2.75 bits per heavy atom. The Bertz CT molecular complexity index is 481. The lowest BCUT2D eigenvalue weighted by atomic mass is 10.2. The van der Waals surface area contributed by atoms with E-state index in [1.54, 1.807) is 11.3 Å². The van der Waals surface area contributed by atoms with E-state index >= 15 is 0 Å². The zero-order valence-electron chi connectivity index (χ0n) is 12.7. The molecule has 20 heavy (non-hydrogen) atoms. The van der Waals surface area contributed by atoms with Crippen molar-refractivity contribution in [2.75, 3.05) is 0 Å². The van der Waals surface area contributed by atoms with Crippen molar-refractivity contribution in [2.45, 2.75) is 64.8 Å². The number of nitrogens with zero attached hydrogens (tertiary/aromatic N) is 1. The third-order valence-corrected chi connectivity index (χ3v) is 4.25. The first-order chi connectivity index (χ1) is 9.26. The van der Waals surface area contributed by atoms with E-state index in [-0.39, 0.29) is 18.2 Å². The van der Waals surface area contributed by atoms with Gasteiger partial charge in [0.25, 0.3) is 0 Å². The molecule has 1 aromatic heterocycles. The quantitative estimate of drug-likeness (QED) is 0.897. The van der Waals surface area contributed by atoms with Gasteiger partial charge in [-0.05, 0) is 41.0 Å². The summed E-state index contributed by atoms with van der Waals surface area (Å²) in [6.07, 6.45) is 0.606. The molecular formula is C14H23N3O2S. The maximum Gasteiger partial charge on any atom is 0.407 e. The van der Waals surface area contributed by atoms with Gasteiger partial charge in [-0.25, -0.2) is 9.78 Å². The lowest BCUT2D eigenvalue weighted by Gasteiger charge is -2.20. The van der Waals surface area contributed by atoms with Gasteiger partial charge in [0.05, 0.1) is 11.2 Å². The summed E-state index contributed by atoms with van der Waals surface area (Å²) < 4.78 is 5.25. The minimum Gasteiger partial charge on any atom is -0.444 e. The summed E-state index contributed by atoms with van der Waals surface area (Å²) in [5.41, 5.74) is 2.49. The minimum absolute atomic E-state index is 0.167. The second-order valence-corrected chi connectivity index (χ2v) is 7.17. The van der Waals surface area contributed by atoms with Gasteiger partial charge in [0.15, 0.2) is 0 Å². The fourth-order valence-electron chi connectivity index (χ4n) is 2.12. The van der Waals surface area contributed by atoms with Crippen molar-refractivity contribution < 1.29 is 9.53 Å². The zero-order valence-corrected chi connectivity index (χ0v) is 13.5. The molecule has 0 aromatic carbocycles. The molecule has 1 aliphatic carbocycles. The number of nitrogens with one attached hydrogen (secondary N) is 2. The summed E-state index contributed by atoms with van der Waals surface area (Å²) in [6.45, 7) is 9.74. The number of alkyl carbamates (subject to hydrolysis) is 1. The molecule has 0 spiro atoms. The van der Waals surface area contributed by atoms with E-state index in [1.807, 2.05) is 33.2 Å². The summed E-state index contributed by atoms with van der Waals surface area (Å²) in [5.74, 6) is 0. The van der Waals surface area contributed by atoms with E-state index in [0.717, 1.165) is 12.1 Å². The number of aryl methyl sites for hydroxylation is 1. The lowest BCUT2D eigenvalue weighted by Crippen LogP contribution is -2.37. The number of hydrogen-bond acceptors (Lipinski definition) is 5.